The molecule has 26 heavy (non-hydrogen) atoms. The van der Waals surface area contributed by atoms with Gasteiger partial charge >= 0.3 is 12.1 Å². The molecule has 1 fully saturated rings. The number of likely N-dealkylation sites (tertiary alicyclic amines) is 1. The summed E-state index contributed by atoms with van der Waals surface area (Å²) < 4.78 is 5.38. The van der Waals surface area contributed by atoms with Crippen molar-refractivity contribution in [2.45, 2.75) is 45.3 Å². The van der Waals surface area contributed by atoms with Crippen molar-refractivity contribution in [2.24, 2.45) is 5.92 Å². The van der Waals surface area contributed by atoms with Gasteiger partial charge in [0.1, 0.15) is 11.6 Å². The zero-order valence-corrected chi connectivity index (χ0v) is 15.4. The van der Waals surface area contributed by atoms with E-state index in [4.69, 9.17) is 4.74 Å². The molecule has 1 amide bonds. The van der Waals surface area contributed by atoms with E-state index < -0.39 is 23.7 Å². The number of hydrogen-bond donors (Lipinski definition) is 1. The average molecular weight is 355 g/mol. The van der Waals surface area contributed by atoms with Crippen LogP contribution in [0.15, 0.2) is 42.5 Å². The summed E-state index contributed by atoms with van der Waals surface area (Å²) in [5, 5.41) is 11.9. The van der Waals surface area contributed by atoms with Gasteiger partial charge < -0.3 is 9.84 Å². The van der Waals surface area contributed by atoms with Crippen LogP contribution in [0, 0.1) is 5.92 Å². The lowest BCUT2D eigenvalue weighted by Gasteiger charge is -2.26. The number of amides is 1. The fraction of sp³-hybridized carbons (Fsp3) is 0.429. The smallest absolute Gasteiger partial charge is 0.411 e. The molecule has 0 aromatic heterocycles. The molecule has 138 valence electrons. The van der Waals surface area contributed by atoms with Gasteiger partial charge in [-0.25, -0.2) is 9.59 Å². The minimum atomic E-state index is -0.975. The molecule has 1 heterocycles. The van der Waals surface area contributed by atoms with Crippen LogP contribution < -0.4 is 0 Å². The molecule has 5 nitrogen and oxygen atoms in total. The van der Waals surface area contributed by atoms with Crippen LogP contribution in [0.1, 0.15) is 32.8 Å². The number of rotatable bonds is 3. The Bertz CT molecular complexity index is 824. The number of aliphatic carboxylic acids is 1. The zero-order chi connectivity index (χ0) is 18.9. The molecule has 2 aromatic rings. The highest BCUT2D eigenvalue weighted by Gasteiger charge is 2.41. The topological polar surface area (TPSA) is 66.8 Å². The maximum Gasteiger partial charge on any atom is 0.411 e. The van der Waals surface area contributed by atoms with Crippen LogP contribution in [-0.4, -0.2) is 40.3 Å². The van der Waals surface area contributed by atoms with Gasteiger partial charge in [0.25, 0.3) is 0 Å². The summed E-state index contributed by atoms with van der Waals surface area (Å²) in [6.45, 7) is 5.74. The van der Waals surface area contributed by atoms with Gasteiger partial charge in [-0.2, -0.15) is 0 Å². The van der Waals surface area contributed by atoms with Crippen molar-refractivity contribution in [2.75, 3.05) is 6.54 Å². The second-order valence-electron chi connectivity index (χ2n) is 7.97. The number of carbonyl (C=O) groups excluding carboxylic acids is 1. The van der Waals surface area contributed by atoms with E-state index >= 15 is 0 Å². The van der Waals surface area contributed by atoms with E-state index in [9.17, 15) is 14.7 Å². The third-order valence-electron chi connectivity index (χ3n) is 4.64. The molecular weight excluding hydrogens is 330 g/mol. The van der Waals surface area contributed by atoms with Gasteiger partial charge in [-0.05, 0) is 55.9 Å². The van der Waals surface area contributed by atoms with E-state index in [1.807, 2.05) is 12.1 Å². The fourth-order valence-electron chi connectivity index (χ4n) is 3.53. The standard InChI is InChI=1S/C21H25NO4/c1-21(2,3)26-20(25)22-13-15(12-18(22)19(23)24)10-14-8-9-16-6-4-5-7-17(16)11-14/h4-9,11,15,18H,10,12-13H2,1-3H3,(H,23,24). The highest BCUT2D eigenvalue weighted by molar-refractivity contribution is 5.83. The Morgan fingerprint density at radius 3 is 2.50 bits per heavy atom. The third-order valence-corrected chi connectivity index (χ3v) is 4.64. The zero-order valence-electron chi connectivity index (χ0n) is 15.4. The van der Waals surface area contributed by atoms with Gasteiger partial charge in [0, 0.05) is 6.54 Å². The monoisotopic (exact) mass is 355 g/mol. The van der Waals surface area contributed by atoms with E-state index in [1.165, 1.54) is 15.7 Å². The number of hydrogen-bond acceptors (Lipinski definition) is 3. The van der Waals surface area contributed by atoms with Crippen molar-refractivity contribution in [1.29, 1.82) is 0 Å². The van der Waals surface area contributed by atoms with Crippen LogP contribution >= 0.6 is 0 Å². The number of nitrogens with zero attached hydrogens (tertiary/aromatic N) is 1. The Hall–Kier alpha value is -2.56. The van der Waals surface area contributed by atoms with Crippen molar-refractivity contribution in [1.82, 2.24) is 4.90 Å². The molecule has 0 radical (unpaired) electrons. The lowest BCUT2D eigenvalue weighted by atomic mass is 9.95. The van der Waals surface area contributed by atoms with Crippen molar-refractivity contribution >= 4 is 22.8 Å². The average Bonchev–Trinajstić information content (AvgIpc) is 2.97. The number of ether oxygens (including phenoxy) is 1. The SMILES string of the molecule is CC(C)(C)OC(=O)N1CC(Cc2ccc3ccccc3c2)CC1C(=O)O. The van der Waals surface area contributed by atoms with Gasteiger partial charge in [0.15, 0.2) is 0 Å². The molecule has 1 saturated heterocycles. The lowest BCUT2D eigenvalue weighted by molar-refractivity contribution is -0.142. The number of fused-ring (bicyclic) bond motifs is 1. The first-order chi connectivity index (χ1) is 12.2. The molecule has 0 bridgehead atoms. The molecule has 1 aliphatic rings. The quantitative estimate of drug-likeness (QED) is 0.900. The van der Waals surface area contributed by atoms with Gasteiger partial charge in [0.05, 0.1) is 0 Å². The Morgan fingerprint density at radius 1 is 1.15 bits per heavy atom. The molecule has 0 saturated carbocycles. The first kappa shape index (κ1) is 18.2. The van der Waals surface area contributed by atoms with Gasteiger partial charge in [-0.1, -0.05) is 42.5 Å². The molecule has 2 atom stereocenters. The van der Waals surface area contributed by atoms with Crippen LogP contribution in [-0.2, 0) is 16.0 Å². The van der Waals surface area contributed by atoms with Crippen LogP contribution in [0.4, 0.5) is 4.79 Å². The summed E-state index contributed by atoms with van der Waals surface area (Å²) in [6, 6.07) is 13.6. The molecular formula is C21H25NO4. The molecule has 0 aliphatic carbocycles. The van der Waals surface area contributed by atoms with E-state index in [0.29, 0.717) is 13.0 Å². The molecule has 0 spiro atoms. The normalized spacial score (nSPS) is 20.3. The number of carboxylic acids is 1. The van der Waals surface area contributed by atoms with Gasteiger partial charge in [0.2, 0.25) is 0 Å². The maximum atomic E-state index is 12.4. The highest BCUT2D eigenvalue weighted by Crippen LogP contribution is 2.29. The van der Waals surface area contributed by atoms with Gasteiger partial charge in [-0.3, -0.25) is 4.90 Å². The summed E-state index contributed by atoms with van der Waals surface area (Å²) in [7, 11) is 0. The van der Waals surface area contributed by atoms with Crippen LogP contribution in [0.25, 0.3) is 10.8 Å². The predicted octanol–water partition coefficient (Wildman–Crippen LogP) is 4.09. The minimum absolute atomic E-state index is 0.102. The molecule has 2 unspecified atom stereocenters. The Labute approximate surface area is 153 Å². The highest BCUT2D eigenvalue weighted by atomic mass is 16.6. The van der Waals surface area contributed by atoms with E-state index in [2.05, 4.69) is 30.3 Å². The van der Waals surface area contributed by atoms with E-state index in [-0.39, 0.29) is 5.92 Å². The third kappa shape index (κ3) is 4.15. The Balaban J connectivity index is 1.74. The van der Waals surface area contributed by atoms with E-state index in [0.717, 1.165) is 12.0 Å². The minimum Gasteiger partial charge on any atom is -0.480 e. The Kier molecular flexibility index (Phi) is 4.90. The number of carbonyl (C=O) groups is 2. The summed E-state index contributed by atoms with van der Waals surface area (Å²) in [5.74, 6) is -0.873. The fourth-order valence-corrected chi connectivity index (χ4v) is 3.53. The van der Waals surface area contributed by atoms with Crippen molar-refractivity contribution in [3.63, 3.8) is 0 Å². The predicted molar refractivity (Wildman–Crippen MR) is 100 cm³/mol. The summed E-state index contributed by atoms with van der Waals surface area (Å²) in [5.41, 5.74) is 0.514. The molecule has 2 aromatic carbocycles. The molecule has 5 heteroatoms. The second-order valence-corrected chi connectivity index (χ2v) is 7.97. The van der Waals surface area contributed by atoms with Crippen LogP contribution in [0.3, 0.4) is 0 Å². The lowest BCUT2D eigenvalue weighted by Crippen LogP contribution is -2.43. The molecule has 1 N–H and O–H groups in total. The summed E-state index contributed by atoms with van der Waals surface area (Å²) in [4.78, 5) is 25.4. The molecule has 1 aliphatic heterocycles. The number of benzene rings is 2. The number of carboxylic acid groups (broad SMARTS) is 1. The second kappa shape index (κ2) is 6.98. The summed E-state index contributed by atoms with van der Waals surface area (Å²) >= 11 is 0. The largest absolute Gasteiger partial charge is 0.480 e. The van der Waals surface area contributed by atoms with Crippen LogP contribution in [0.2, 0.25) is 0 Å². The first-order valence-corrected chi connectivity index (χ1v) is 8.93. The van der Waals surface area contributed by atoms with Crippen molar-refractivity contribution in [3.8, 4) is 0 Å². The van der Waals surface area contributed by atoms with Crippen molar-refractivity contribution in [3.05, 3.63) is 48.0 Å². The van der Waals surface area contributed by atoms with Crippen molar-refractivity contribution < 1.29 is 19.4 Å². The van der Waals surface area contributed by atoms with Crippen LogP contribution in [0.5, 0.6) is 0 Å². The first-order valence-electron chi connectivity index (χ1n) is 8.93. The maximum absolute atomic E-state index is 12.4. The molecule has 3 rings (SSSR count). The van der Waals surface area contributed by atoms with Gasteiger partial charge in [-0.15, -0.1) is 0 Å². The Morgan fingerprint density at radius 2 is 1.85 bits per heavy atom. The summed E-state index contributed by atoms with van der Waals surface area (Å²) in [6.07, 6.45) is 0.640. The van der Waals surface area contributed by atoms with E-state index in [1.54, 1.807) is 20.8 Å².